The standard InChI is InChI=1S/C11H21NO3/c1-5-15-11(13)7-6-8-12(3)10(2)9-14-4/h6-7,10H,5,8-9H2,1-4H3/b7-6+. The Morgan fingerprint density at radius 3 is 2.73 bits per heavy atom. The highest BCUT2D eigenvalue weighted by molar-refractivity contribution is 5.81. The Morgan fingerprint density at radius 2 is 2.20 bits per heavy atom. The quantitative estimate of drug-likeness (QED) is 0.470. The smallest absolute Gasteiger partial charge is 0.330 e. The molecule has 1 atom stereocenters. The Labute approximate surface area is 91.8 Å². The zero-order chi connectivity index (χ0) is 11.7. The summed E-state index contributed by atoms with van der Waals surface area (Å²) in [5, 5.41) is 0. The number of carbonyl (C=O) groups excluding carboxylic acids is 1. The molecule has 0 aromatic carbocycles. The van der Waals surface area contributed by atoms with E-state index in [9.17, 15) is 4.79 Å². The molecule has 0 aliphatic carbocycles. The molecule has 0 amide bonds. The molecule has 1 unspecified atom stereocenters. The molecule has 0 heterocycles. The van der Waals surface area contributed by atoms with Crippen molar-refractivity contribution in [2.45, 2.75) is 19.9 Å². The minimum atomic E-state index is -0.287. The van der Waals surface area contributed by atoms with E-state index in [-0.39, 0.29) is 5.97 Å². The van der Waals surface area contributed by atoms with Gasteiger partial charge in [0.25, 0.3) is 0 Å². The lowest BCUT2D eigenvalue weighted by Crippen LogP contribution is -2.32. The van der Waals surface area contributed by atoms with E-state index in [2.05, 4.69) is 11.8 Å². The summed E-state index contributed by atoms with van der Waals surface area (Å²) in [7, 11) is 3.66. The molecule has 0 saturated carbocycles. The second-order valence-electron chi connectivity index (χ2n) is 3.40. The summed E-state index contributed by atoms with van der Waals surface area (Å²) in [6, 6.07) is 0.335. The van der Waals surface area contributed by atoms with Crippen LogP contribution in [0.1, 0.15) is 13.8 Å². The van der Waals surface area contributed by atoms with Gasteiger partial charge in [0.2, 0.25) is 0 Å². The fourth-order valence-corrected chi connectivity index (χ4v) is 1.05. The summed E-state index contributed by atoms with van der Waals surface area (Å²) >= 11 is 0. The minimum Gasteiger partial charge on any atom is -0.463 e. The molecule has 0 bridgehead atoms. The van der Waals surface area contributed by atoms with Crippen LogP contribution in [0.25, 0.3) is 0 Å². The van der Waals surface area contributed by atoms with E-state index in [1.54, 1.807) is 20.1 Å². The van der Waals surface area contributed by atoms with Crippen LogP contribution >= 0.6 is 0 Å². The minimum absolute atomic E-state index is 0.287. The highest BCUT2D eigenvalue weighted by Gasteiger charge is 2.06. The van der Waals surface area contributed by atoms with E-state index in [1.165, 1.54) is 6.08 Å². The van der Waals surface area contributed by atoms with Crippen molar-refractivity contribution in [1.82, 2.24) is 4.90 Å². The van der Waals surface area contributed by atoms with Crippen molar-refractivity contribution in [2.75, 3.05) is 33.9 Å². The molecule has 88 valence electrons. The molecular formula is C11H21NO3. The van der Waals surface area contributed by atoms with E-state index in [1.807, 2.05) is 7.05 Å². The Bertz CT molecular complexity index is 204. The number of hydrogen-bond acceptors (Lipinski definition) is 4. The van der Waals surface area contributed by atoms with E-state index < -0.39 is 0 Å². The first-order valence-electron chi connectivity index (χ1n) is 5.14. The number of methoxy groups -OCH3 is 1. The van der Waals surface area contributed by atoms with Gasteiger partial charge in [-0.15, -0.1) is 0 Å². The van der Waals surface area contributed by atoms with Crippen molar-refractivity contribution in [3.8, 4) is 0 Å². The van der Waals surface area contributed by atoms with Gasteiger partial charge in [0.05, 0.1) is 13.2 Å². The molecule has 0 aromatic rings. The average molecular weight is 215 g/mol. The zero-order valence-electron chi connectivity index (χ0n) is 10.0. The van der Waals surface area contributed by atoms with E-state index in [4.69, 9.17) is 9.47 Å². The second-order valence-corrected chi connectivity index (χ2v) is 3.40. The Morgan fingerprint density at radius 1 is 1.53 bits per heavy atom. The molecule has 0 spiro atoms. The normalized spacial score (nSPS) is 13.4. The van der Waals surface area contributed by atoms with Gasteiger partial charge in [0, 0.05) is 25.8 Å². The first-order chi connectivity index (χ1) is 7.11. The molecule has 0 aromatic heterocycles. The first kappa shape index (κ1) is 14.1. The van der Waals surface area contributed by atoms with Crippen molar-refractivity contribution in [3.05, 3.63) is 12.2 Å². The molecule has 4 heteroatoms. The third-order valence-corrected chi connectivity index (χ3v) is 2.09. The summed E-state index contributed by atoms with van der Waals surface area (Å²) in [5.74, 6) is -0.287. The zero-order valence-corrected chi connectivity index (χ0v) is 10.0. The molecule has 15 heavy (non-hydrogen) atoms. The summed E-state index contributed by atoms with van der Waals surface area (Å²) < 4.78 is 9.80. The maximum atomic E-state index is 11.0. The third kappa shape index (κ3) is 7.11. The molecule has 0 fully saturated rings. The van der Waals surface area contributed by atoms with Crippen LogP contribution < -0.4 is 0 Å². The third-order valence-electron chi connectivity index (χ3n) is 2.09. The molecule has 0 aliphatic rings. The largest absolute Gasteiger partial charge is 0.463 e. The highest BCUT2D eigenvalue weighted by Crippen LogP contribution is 1.95. The SMILES string of the molecule is CCOC(=O)/C=C/CN(C)C(C)COC. The van der Waals surface area contributed by atoms with Gasteiger partial charge in [0.15, 0.2) is 0 Å². The Hall–Kier alpha value is -0.870. The number of carbonyl (C=O) groups is 1. The highest BCUT2D eigenvalue weighted by atomic mass is 16.5. The fourth-order valence-electron chi connectivity index (χ4n) is 1.05. The van der Waals surface area contributed by atoms with E-state index in [0.29, 0.717) is 25.8 Å². The molecule has 0 aliphatic heterocycles. The Balaban J connectivity index is 3.78. The van der Waals surface area contributed by atoms with Gasteiger partial charge in [-0.25, -0.2) is 4.79 Å². The van der Waals surface area contributed by atoms with Gasteiger partial charge in [-0.05, 0) is 20.9 Å². The molecule has 4 nitrogen and oxygen atoms in total. The maximum Gasteiger partial charge on any atom is 0.330 e. The van der Waals surface area contributed by atoms with Crippen molar-refractivity contribution < 1.29 is 14.3 Å². The fraction of sp³-hybridized carbons (Fsp3) is 0.727. The van der Waals surface area contributed by atoms with Crippen molar-refractivity contribution >= 4 is 5.97 Å². The molecule has 0 radical (unpaired) electrons. The molecule has 0 saturated heterocycles. The van der Waals surface area contributed by atoms with Crippen molar-refractivity contribution in [3.63, 3.8) is 0 Å². The van der Waals surface area contributed by atoms with E-state index >= 15 is 0 Å². The topological polar surface area (TPSA) is 38.8 Å². The molecule has 0 N–H and O–H groups in total. The predicted molar refractivity (Wildman–Crippen MR) is 59.7 cm³/mol. The number of likely N-dealkylation sites (N-methyl/N-ethyl adjacent to an activating group) is 1. The van der Waals surface area contributed by atoms with Crippen molar-refractivity contribution in [1.29, 1.82) is 0 Å². The van der Waals surface area contributed by atoms with Crippen LogP contribution in [0.15, 0.2) is 12.2 Å². The summed E-state index contributed by atoms with van der Waals surface area (Å²) in [5.41, 5.74) is 0. The average Bonchev–Trinajstić information content (AvgIpc) is 2.18. The van der Waals surface area contributed by atoms with Crippen LogP contribution in [-0.4, -0.2) is 50.8 Å². The Kier molecular flexibility index (Phi) is 7.95. The first-order valence-corrected chi connectivity index (χ1v) is 5.14. The summed E-state index contributed by atoms with van der Waals surface area (Å²) in [6.07, 6.45) is 3.25. The monoisotopic (exact) mass is 215 g/mol. The van der Waals surface area contributed by atoms with Gasteiger partial charge in [0.1, 0.15) is 0 Å². The second kappa shape index (κ2) is 8.44. The lowest BCUT2D eigenvalue weighted by Gasteiger charge is -2.22. The van der Waals surface area contributed by atoms with Gasteiger partial charge < -0.3 is 9.47 Å². The lowest BCUT2D eigenvalue weighted by molar-refractivity contribution is -0.137. The van der Waals surface area contributed by atoms with Gasteiger partial charge >= 0.3 is 5.97 Å². The number of hydrogen-bond donors (Lipinski definition) is 0. The van der Waals surface area contributed by atoms with Crippen LogP contribution in [0.5, 0.6) is 0 Å². The van der Waals surface area contributed by atoms with Gasteiger partial charge in [-0.3, -0.25) is 4.90 Å². The predicted octanol–water partition coefficient (Wildman–Crippen LogP) is 1.07. The van der Waals surface area contributed by atoms with Crippen LogP contribution in [0.2, 0.25) is 0 Å². The lowest BCUT2D eigenvalue weighted by atomic mass is 10.3. The van der Waals surface area contributed by atoms with Crippen LogP contribution in [0.3, 0.4) is 0 Å². The number of esters is 1. The van der Waals surface area contributed by atoms with Gasteiger partial charge in [-0.1, -0.05) is 6.08 Å². The van der Waals surface area contributed by atoms with Gasteiger partial charge in [-0.2, -0.15) is 0 Å². The maximum absolute atomic E-state index is 11.0. The summed E-state index contributed by atoms with van der Waals surface area (Å²) in [6.45, 7) is 5.67. The number of rotatable bonds is 7. The van der Waals surface area contributed by atoms with E-state index in [0.717, 1.165) is 0 Å². The molecular weight excluding hydrogens is 194 g/mol. The number of nitrogens with zero attached hydrogens (tertiary/aromatic N) is 1. The summed E-state index contributed by atoms with van der Waals surface area (Å²) in [4.78, 5) is 13.1. The number of ether oxygens (including phenoxy) is 2. The van der Waals surface area contributed by atoms with Crippen molar-refractivity contribution in [2.24, 2.45) is 0 Å². The van der Waals surface area contributed by atoms with Crippen LogP contribution in [0, 0.1) is 0 Å². The van der Waals surface area contributed by atoms with Crippen LogP contribution in [-0.2, 0) is 14.3 Å². The molecule has 0 rings (SSSR count). The van der Waals surface area contributed by atoms with Crippen LogP contribution in [0.4, 0.5) is 0 Å².